The Morgan fingerprint density at radius 3 is 0.825 bits per heavy atom. The van der Waals surface area contributed by atoms with Crippen LogP contribution in [0.2, 0.25) is 0 Å². The van der Waals surface area contributed by atoms with Gasteiger partial charge in [-0.3, -0.25) is 0 Å². The average Bonchev–Trinajstić information content (AvgIpc) is 3.72. The Morgan fingerprint density at radius 2 is 0.625 bits per heavy atom. The molecule has 0 heterocycles. The Labute approximate surface area is 279 Å². The molecule has 0 atom stereocenters. The van der Waals surface area contributed by atoms with Crippen LogP contribution < -0.4 is 0 Å². The molecule has 0 nitrogen and oxygen atoms in total. The third-order valence-electron chi connectivity index (χ3n) is 9.76. The van der Waals surface area contributed by atoms with Crippen LogP contribution in [0.4, 0.5) is 0 Å². The fraction of sp³-hybridized carbons (Fsp3) is 0.706. The van der Waals surface area contributed by atoms with Crippen molar-refractivity contribution in [3.63, 3.8) is 0 Å². The maximum Gasteiger partial charge on any atom is 2.00 e. The summed E-state index contributed by atoms with van der Waals surface area (Å²) >= 11 is -0.106. The van der Waals surface area contributed by atoms with E-state index in [1.165, 1.54) is 128 Å². The van der Waals surface area contributed by atoms with Gasteiger partial charge in [0.1, 0.15) is 0 Å². The van der Waals surface area contributed by atoms with Gasteiger partial charge in [0.15, 0.2) is 0 Å². The van der Waals surface area contributed by atoms with Crippen molar-refractivity contribution >= 4 is 34.9 Å². The number of halogens is 2. The van der Waals surface area contributed by atoms with Crippen molar-refractivity contribution < 1.29 is 33.0 Å². The van der Waals surface area contributed by atoms with E-state index in [1.807, 2.05) is 0 Å². The fourth-order valence-electron chi connectivity index (χ4n) is 7.95. The van der Waals surface area contributed by atoms with Gasteiger partial charge in [-0.25, -0.2) is 0 Å². The van der Waals surface area contributed by atoms with E-state index in [9.17, 15) is 0 Å². The molecule has 10 radical (unpaired) electrons. The minimum Gasteiger partial charge on any atom is 2.00 e. The Balaban J connectivity index is 0.000000197. The number of rotatable bonds is 6. The van der Waals surface area contributed by atoms with Crippen LogP contribution in [0.3, 0.4) is 0 Å². The average molecular weight is 756 g/mol. The van der Waals surface area contributed by atoms with Crippen molar-refractivity contribution in [2.75, 3.05) is 0 Å². The van der Waals surface area contributed by atoms with Crippen molar-refractivity contribution in [1.29, 1.82) is 0 Å². The van der Waals surface area contributed by atoms with Gasteiger partial charge in [-0.1, -0.05) is 92.9 Å². The summed E-state index contributed by atoms with van der Waals surface area (Å²) in [6, 6.07) is 0. The van der Waals surface area contributed by atoms with E-state index in [1.54, 1.807) is 11.3 Å². The van der Waals surface area contributed by atoms with Gasteiger partial charge in [0.2, 0.25) is 0 Å². The molecule has 0 unspecified atom stereocenters. The normalized spacial score (nSPS) is 26.8. The standard InChI is InChI=1S/2C17H26P.2ClH.Fe.Pd/c2*1-3-9-15(10-4-1)18(17-13-7-8-14-17)16-11-5-2-6-12-16;;;;/h2*7-8,13-16H,1-6,9-12H2;2*1H;;/q;;;;2*+2/p-2. The SMILES string of the molecule is [CH]1[CH][CH][C](P(C2CCCCC2)C2CCCCC2)[CH]1.[CH]1[CH][CH][C](P(C2CCCCC2)C2CCCCC2)[CH]1.[Cl][Pd][Cl].[Fe+2]. The van der Waals surface area contributed by atoms with Crippen molar-refractivity contribution in [2.24, 2.45) is 0 Å². The second-order valence-corrected chi connectivity index (χ2v) is 20.3. The molecular weight excluding hydrogens is 703 g/mol. The molecule has 40 heavy (non-hydrogen) atoms. The fourth-order valence-corrected chi connectivity index (χ4v) is 15.5. The van der Waals surface area contributed by atoms with Crippen molar-refractivity contribution in [3.8, 4) is 0 Å². The predicted octanol–water partition coefficient (Wildman–Crippen LogP) is 12.4. The van der Waals surface area contributed by atoms with Crippen LogP contribution in [-0.4, -0.2) is 22.6 Å². The molecule has 228 valence electrons. The van der Waals surface area contributed by atoms with Crippen molar-refractivity contribution in [1.82, 2.24) is 0 Å². The van der Waals surface area contributed by atoms with Gasteiger partial charge in [0.05, 0.1) is 0 Å². The Hall–Kier alpha value is 2.62. The van der Waals surface area contributed by atoms with Crippen LogP contribution in [0.25, 0.3) is 0 Å². The van der Waals surface area contributed by atoms with E-state index >= 15 is 0 Å². The quantitative estimate of drug-likeness (QED) is 0.187. The zero-order chi connectivity index (χ0) is 27.1. The second-order valence-electron chi connectivity index (χ2n) is 12.3. The van der Waals surface area contributed by atoms with E-state index in [0.717, 1.165) is 22.6 Å². The molecule has 6 aliphatic carbocycles. The van der Waals surface area contributed by atoms with E-state index in [4.69, 9.17) is 19.1 Å². The zero-order valence-electron chi connectivity index (χ0n) is 24.4. The smallest absolute Gasteiger partial charge is 2.00 e. The summed E-state index contributed by atoms with van der Waals surface area (Å²) in [5.41, 5.74) is 7.67. The molecule has 6 aliphatic rings. The first-order valence-corrected chi connectivity index (χ1v) is 23.1. The molecule has 6 saturated carbocycles. The molecule has 0 bridgehead atoms. The van der Waals surface area contributed by atoms with Gasteiger partial charge >= 0.3 is 52.1 Å². The summed E-state index contributed by atoms with van der Waals surface area (Å²) in [7, 11) is 9.92. The van der Waals surface area contributed by atoms with Gasteiger partial charge in [-0.05, 0) is 125 Å². The van der Waals surface area contributed by atoms with E-state index < -0.39 is 0 Å². The van der Waals surface area contributed by atoms with Crippen LogP contribution in [0.5, 0.6) is 0 Å². The summed E-state index contributed by atoms with van der Waals surface area (Å²) in [5, 5.41) is 0. The van der Waals surface area contributed by atoms with Crippen molar-refractivity contribution in [2.45, 2.75) is 151 Å². The minimum absolute atomic E-state index is 0. The molecule has 0 N–H and O–H groups in total. The molecule has 0 aromatic heterocycles. The van der Waals surface area contributed by atoms with E-state index in [0.29, 0.717) is 0 Å². The molecule has 0 spiro atoms. The maximum absolute atomic E-state index is 4.81. The Bertz CT molecular complexity index is 519. The van der Waals surface area contributed by atoms with Crippen LogP contribution in [-0.2, 0) is 33.0 Å². The van der Waals surface area contributed by atoms with Crippen LogP contribution in [0.1, 0.15) is 128 Å². The third kappa shape index (κ3) is 12.1. The topological polar surface area (TPSA) is 0 Å². The molecule has 0 saturated heterocycles. The Morgan fingerprint density at radius 1 is 0.425 bits per heavy atom. The molecule has 0 aromatic rings. The van der Waals surface area contributed by atoms with Crippen molar-refractivity contribution in [3.05, 3.63) is 62.7 Å². The van der Waals surface area contributed by atoms with Crippen LogP contribution in [0.15, 0.2) is 0 Å². The minimum atomic E-state index is -0.106. The van der Waals surface area contributed by atoms with E-state index in [-0.39, 0.29) is 48.9 Å². The first-order chi connectivity index (χ1) is 19.3. The molecule has 6 heteroatoms. The van der Waals surface area contributed by atoms with Crippen LogP contribution in [0, 0.1) is 62.7 Å². The molecule has 0 aromatic carbocycles. The van der Waals surface area contributed by atoms with Gasteiger partial charge in [-0.2, -0.15) is 0 Å². The molecule has 0 amide bonds. The molecule has 6 rings (SSSR count). The maximum atomic E-state index is 4.81. The number of hydrogen-bond donors (Lipinski definition) is 0. The molecular formula is C34H52Cl2FeP2Pd+2. The van der Waals surface area contributed by atoms with Crippen LogP contribution >= 0.6 is 34.9 Å². The van der Waals surface area contributed by atoms with Gasteiger partial charge in [0.25, 0.3) is 0 Å². The Kier molecular flexibility index (Phi) is 20.6. The zero-order valence-corrected chi connectivity index (χ0v) is 30.3. The van der Waals surface area contributed by atoms with E-state index in [2.05, 4.69) is 51.4 Å². The van der Waals surface area contributed by atoms with Gasteiger partial charge in [-0.15, -0.1) is 0 Å². The first-order valence-electron chi connectivity index (χ1n) is 16.1. The second kappa shape index (κ2) is 22.2. The monoisotopic (exact) mass is 754 g/mol. The molecule has 6 fully saturated rings. The predicted molar refractivity (Wildman–Crippen MR) is 174 cm³/mol. The van der Waals surface area contributed by atoms with Gasteiger partial charge < -0.3 is 0 Å². The summed E-state index contributed by atoms with van der Waals surface area (Å²) in [4.78, 5) is 0. The number of hydrogen-bond acceptors (Lipinski definition) is 0. The first kappa shape index (κ1) is 37.1. The molecule has 0 aliphatic heterocycles. The summed E-state index contributed by atoms with van der Waals surface area (Å²) in [5.74, 6) is 0. The third-order valence-corrected chi connectivity index (χ3v) is 16.8. The van der Waals surface area contributed by atoms with Gasteiger partial charge in [0, 0.05) is 11.3 Å². The summed E-state index contributed by atoms with van der Waals surface area (Å²) in [6.07, 6.45) is 48.9. The largest absolute Gasteiger partial charge is 2.00 e. The summed E-state index contributed by atoms with van der Waals surface area (Å²) in [6.45, 7) is 0. The summed E-state index contributed by atoms with van der Waals surface area (Å²) < 4.78 is 0.